The molecule has 5 nitrogen and oxygen atoms in total. The van der Waals surface area contributed by atoms with Gasteiger partial charge in [-0.25, -0.2) is 0 Å². The number of rotatable bonds is 3. The number of aromatic nitrogens is 1. The van der Waals surface area contributed by atoms with E-state index in [1.807, 2.05) is 7.05 Å². The van der Waals surface area contributed by atoms with E-state index in [2.05, 4.69) is 50.1 Å². The highest BCUT2D eigenvalue weighted by Gasteiger charge is 2.42. The molecule has 1 aromatic rings. The van der Waals surface area contributed by atoms with Gasteiger partial charge in [-0.15, -0.1) is 0 Å². The van der Waals surface area contributed by atoms with E-state index in [9.17, 15) is 0 Å². The molecule has 2 aliphatic carbocycles. The van der Waals surface area contributed by atoms with Gasteiger partial charge in [-0.3, -0.25) is 9.89 Å². The van der Waals surface area contributed by atoms with Crippen molar-refractivity contribution >= 4 is 5.96 Å². The summed E-state index contributed by atoms with van der Waals surface area (Å²) >= 11 is 0. The van der Waals surface area contributed by atoms with Crippen LogP contribution in [0, 0.1) is 11.8 Å². The number of aryl methyl sites for hydroxylation is 1. The first-order valence-corrected chi connectivity index (χ1v) is 9.54. The van der Waals surface area contributed by atoms with Crippen molar-refractivity contribution in [3.05, 3.63) is 24.0 Å². The summed E-state index contributed by atoms with van der Waals surface area (Å²) in [5.41, 5.74) is 1.29. The third-order valence-corrected chi connectivity index (χ3v) is 6.47. The van der Waals surface area contributed by atoms with E-state index in [1.165, 1.54) is 44.5 Å². The smallest absolute Gasteiger partial charge is 0.194 e. The first-order valence-electron chi connectivity index (χ1n) is 9.54. The highest BCUT2D eigenvalue weighted by Crippen LogP contribution is 2.46. The van der Waals surface area contributed by atoms with E-state index < -0.39 is 0 Å². The topological polar surface area (TPSA) is 35.8 Å². The number of nitrogens with one attached hydrogen (secondary N) is 1. The van der Waals surface area contributed by atoms with Gasteiger partial charge in [-0.1, -0.05) is 6.42 Å². The maximum atomic E-state index is 4.51. The number of aliphatic imine (C=N–C) groups is 1. The van der Waals surface area contributed by atoms with Crippen molar-refractivity contribution in [2.24, 2.45) is 23.9 Å². The fourth-order valence-corrected chi connectivity index (χ4v) is 5.11. The zero-order valence-corrected chi connectivity index (χ0v) is 15.1. The zero-order chi connectivity index (χ0) is 16.5. The van der Waals surface area contributed by atoms with Crippen LogP contribution < -0.4 is 5.32 Å². The molecule has 3 aliphatic rings. The molecule has 4 rings (SSSR count). The maximum absolute atomic E-state index is 4.51. The highest BCUT2D eigenvalue weighted by atomic mass is 15.4. The van der Waals surface area contributed by atoms with Crippen LogP contribution in [-0.2, 0) is 13.6 Å². The summed E-state index contributed by atoms with van der Waals surface area (Å²) in [7, 11) is 3.99. The summed E-state index contributed by atoms with van der Waals surface area (Å²) in [6.45, 7) is 5.42. The zero-order valence-electron chi connectivity index (χ0n) is 15.1. The maximum Gasteiger partial charge on any atom is 0.194 e. The van der Waals surface area contributed by atoms with Gasteiger partial charge in [-0.2, -0.15) is 0 Å². The number of hydrogen-bond donors (Lipinski definition) is 1. The average Bonchev–Trinajstić information content (AvgIpc) is 3.33. The summed E-state index contributed by atoms with van der Waals surface area (Å²) < 4.78 is 2.16. The van der Waals surface area contributed by atoms with Gasteiger partial charge < -0.3 is 14.8 Å². The summed E-state index contributed by atoms with van der Waals surface area (Å²) in [5, 5.41) is 3.53. The van der Waals surface area contributed by atoms with Gasteiger partial charge in [-0.05, 0) is 43.2 Å². The van der Waals surface area contributed by atoms with E-state index >= 15 is 0 Å². The van der Waals surface area contributed by atoms with Crippen molar-refractivity contribution in [3.8, 4) is 0 Å². The van der Waals surface area contributed by atoms with E-state index in [4.69, 9.17) is 0 Å². The summed E-state index contributed by atoms with van der Waals surface area (Å²) in [6, 6.07) is 5.13. The molecule has 3 fully saturated rings. The van der Waals surface area contributed by atoms with Crippen LogP contribution in [0.2, 0.25) is 0 Å². The van der Waals surface area contributed by atoms with Crippen LogP contribution >= 0.6 is 0 Å². The van der Waals surface area contributed by atoms with Gasteiger partial charge in [0, 0.05) is 58.2 Å². The van der Waals surface area contributed by atoms with E-state index in [1.54, 1.807) is 0 Å². The Hall–Kier alpha value is -1.49. The second kappa shape index (κ2) is 6.79. The van der Waals surface area contributed by atoms with Gasteiger partial charge in [0.15, 0.2) is 5.96 Å². The second-order valence-electron chi connectivity index (χ2n) is 7.78. The van der Waals surface area contributed by atoms with Crippen LogP contribution in [-0.4, -0.2) is 59.6 Å². The quantitative estimate of drug-likeness (QED) is 0.680. The van der Waals surface area contributed by atoms with Gasteiger partial charge in [0.05, 0.1) is 6.54 Å². The molecule has 3 atom stereocenters. The summed E-state index contributed by atoms with van der Waals surface area (Å²) in [4.78, 5) is 9.70. The molecule has 2 saturated carbocycles. The molecule has 1 aliphatic heterocycles. The SMILES string of the molecule is CN=C(NCc1cccn1C)N1CCN(C2CC3CCC2C3)CC1. The molecule has 0 aromatic carbocycles. The molecule has 1 N–H and O–H groups in total. The van der Waals surface area contributed by atoms with Gasteiger partial charge >= 0.3 is 0 Å². The Morgan fingerprint density at radius 3 is 2.62 bits per heavy atom. The van der Waals surface area contributed by atoms with E-state index in [0.717, 1.165) is 43.5 Å². The molecule has 2 heterocycles. The fourth-order valence-electron chi connectivity index (χ4n) is 5.11. The van der Waals surface area contributed by atoms with Gasteiger partial charge in [0.2, 0.25) is 0 Å². The van der Waals surface area contributed by atoms with Crippen molar-refractivity contribution in [3.63, 3.8) is 0 Å². The molecule has 3 unspecified atom stereocenters. The van der Waals surface area contributed by atoms with Crippen molar-refractivity contribution in [1.82, 2.24) is 19.7 Å². The lowest BCUT2D eigenvalue weighted by Gasteiger charge is -2.41. The van der Waals surface area contributed by atoms with Crippen molar-refractivity contribution in [2.75, 3.05) is 33.2 Å². The minimum Gasteiger partial charge on any atom is -0.353 e. The number of piperazine rings is 1. The Morgan fingerprint density at radius 2 is 2.04 bits per heavy atom. The van der Waals surface area contributed by atoms with Gasteiger partial charge in [0.25, 0.3) is 0 Å². The molecule has 1 saturated heterocycles. The predicted octanol–water partition coefficient (Wildman–Crippen LogP) is 1.91. The molecule has 5 heteroatoms. The lowest BCUT2D eigenvalue weighted by Crippen LogP contribution is -2.55. The monoisotopic (exact) mass is 329 g/mol. The van der Waals surface area contributed by atoms with E-state index in [0.29, 0.717) is 0 Å². The fraction of sp³-hybridized carbons (Fsp3) is 0.737. The minimum atomic E-state index is 0.836. The molecular weight excluding hydrogens is 298 g/mol. The standard InChI is InChI=1S/C19H31N5/c1-20-19(21-14-17-4-3-7-22(17)2)24-10-8-23(9-11-24)18-13-15-5-6-16(18)12-15/h3-4,7,15-16,18H,5-6,8-14H2,1-2H3,(H,20,21). The Morgan fingerprint density at radius 1 is 1.21 bits per heavy atom. The summed E-state index contributed by atoms with van der Waals surface area (Å²) in [5.74, 6) is 3.08. The van der Waals surface area contributed by atoms with Gasteiger partial charge in [0.1, 0.15) is 0 Å². The van der Waals surface area contributed by atoms with E-state index in [-0.39, 0.29) is 0 Å². The average molecular weight is 329 g/mol. The lowest BCUT2D eigenvalue weighted by molar-refractivity contribution is 0.0958. The van der Waals surface area contributed by atoms with Crippen molar-refractivity contribution in [2.45, 2.75) is 38.3 Å². The number of guanidine groups is 1. The van der Waals surface area contributed by atoms with Crippen molar-refractivity contribution < 1.29 is 0 Å². The summed E-state index contributed by atoms with van der Waals surface area (Å²) in [6.07, 6.45) is 8.04. The van der Waals surface area contributed by atoms with Crippen LogP contribution in [0.15, 0.2) is 23.3 Å². The number of nitrogens with zero attached hydrogens (tertiary/aromatic N) is 4. The minimum absolute atomic E-state index is 0.836. The van der Waals surface area contributed by atoms with Crippen LogP contribution in [0.5, 0.6) is 0 Å². The predicted molar refractivity (Wildman–Crippen MR) is 98.0 cm³/mol. The molecular formula is C19H31N5. The third kappa shape index (κ3) is 3.06. The normalized spacial score (nSPS) is 31.0. The molecule has 2 bridgehead atoms. The van der Waals surface area contributed by atoms with Crippen LogP contribution in [0.25, 0.3) is 0 Å². The highest BCUT2D eigenvalue weighted by molar-refractivity contribution is 5.79. The molecule has 132 valence electrons. The van der Waals surface area contributed by atoms with Crippen molar-refractivity contribution in [1.29, 1.82) is 0 Å². The van der Waals surface area contributed by atoms with Crippen LogP contribution in [0.3, 0.4) is 0 Å². The lowest BCUT2D eigenvalue weighted by atomic mass is 9.93. The van der Waals surface area contributed by atoms with Crippen LogP contribution in [0.4, 0.5) is 0 Å². The second-order valence-corrected chi connectivity index (χ2v) is 7.78. The number of fused-ring (bicyclic) bond motifs is 2. The Kier molecular flexibility index (Phi) is 4.53. The first kappa shape index (κ1) is 16.0. The Bertz CT molecular complexity index is 584. The first-order chi connectivity index (χ1) is 11.7. The molecule has 1 aromatic heterocycles. The molecule has 0 spiro atoms. The number of hydrogen-bond acceptors (Lipinski definition) is 2. The van der Waals surface area contributed by atoms with Crippen LogP contribution in [0.1, 0.15) is 31.4 Å². The molecule has 24 heavy (non-hydrogen) atoms. The third-order valence-electron chi connectivity index (χ3n) is 6.47. The molecule has 0 amide bonds. The Balaban J connectivity index is 1.29. The Labute approximate surface area is 145 Å². The largest absolute Gasteiger partial charge is 0.353 e. The molecule has 0 radical (unpaired) electrons.